The predicted molar refractivity (Wildman–Crippen MR) is 40.3 cm³/mol. The molecule has 0 aromatic rings. The van der Waals surface area contributed by atoms with Crippen LogP contribution in [0.4, 0.5) is 17.6 Å². The largest absolute Gasteiger partial charge is 0.312 e. The van der Waals surface area contributed by atoms with Crippen molar-refractivity contribution < 1.29 is 17.6 Å². The Hall–Kier alpha value is 0.620. The molecule has 0 N–H and O–H groups in total. The molecule has 0 heterocycles. The van der Waals surface area contributed by atoms with Gasteiger partial charge in [0.15, 0.2) is 0 Å². The Kier molecular flexibility index (Phi) is 3.98. The summed E-state index contributed by atoms with van der Waals surface area (Å²) >= 11 is 17.8. The van der Waals surface area contributed by atoms with Crippen molar-refractivity contribution in [2.24, 2.45) is 0 Å². The number of allylic oxidation sites excluding steroid dienone is 1. The number of alkyl halides is 5. The Morgan fingerprint density at radius 2 is 1.33 bits per heavy atom. The van der Waals surface area contributed by atoms with E-state index in [1.807, 2.05) is 0 Å². The molecule has 0 aliphatic rings. The minimum Gasteiger partial charge on any atom is -0.211 e. The lowest BCUT2D eigenvalue weighted by Crippen LogP contribution is -2.34. The Bertz CT molecular complexity index is 202. The molecule has 0 spiro atoms. The first kappa shape index (κ1) is 12.6. The summed E-state index contributed by atoms with van der Waals surface area (Å²) in [6, 6.07) is 0. The highest BCUT2D eigenvalue weighted by Crippen LogP contribution is 2.48. The molecule has 1 unspecified atom stereocenters. The topological polar surface area (TPSA) is 0 Å². The normalized spacial score (nSPS) is 20.0. The summed E-state index contributed by atoms with van der Waals surface area (Å²) in [7, 11) is 0. The highest BCUT2D eigenvalue weighted by molar-refractivity contribution is 6.52. The van der Waals surface area contributed by atoms with E-state index in [9.17, 15) is 17.6 Å². The van der Waals surface area contributed by atoms with Gasteiger partial charge < -0.3 is 0 Å². The van der Waals surface area contributed by atoms with E-state index in [4.69, 9.17) is 0 Å². The number of rotatable bonds is 2. The number of hydrogen-bond acceptors (Lipinski definition) is 0. The summed E-state index contributed by atoms with van der Waals surface area (Å²) in [6.07, 6.45) is 0. The van der Waals surface area contributed by atoms with E-state index in [-0.39, 0.29) is 0 Å². The van der Waals surface area contributed by atoms with E-state index in [0.717, 1.165) is 0 Å². The molecule has 8 heteroatoms. The minimum absolute atomic E-state index is 2.16. The Labute approximate surface area is 85.0 Å². The highest BCUT2D eigenvalue weighted by atomic mass is 35.5. The highest BCUT2D eigenvalue weighted by Gasteiger charge is 2.55. The Morgan fingerprint density at radius 1 is 1.00 bits per heavy atom. The molecule has 0 radical (unpaired) electrons. The number of halogens is 8. The van der Waals surface area contributed by atoms with Crippen LogP contribution >= 0.6 is 46.4 Å². The first-order valence-corrected chi connectivity index (χ1v) is 3.77. The molecule has 12 heavy (non-hydrogen) atoms. The first-order valence-electron chi connectivity index (χ1n) is 2.26. The number of hydrogen-bond donors (Lipinski definition) is 0. The third kappa shape index (κ3) is 2.55. The van der Waals surface area contributed by atoms with Crippen molar-refractivity contribution in [1.29, 1.82) is 0 Å². The smallest absolute Gasteiger partial charge is 0.211 e. The predicted octanol–water partition coefficient (Wildman–Crippen LogP) is 4.34. The van der Waals surface area contributed by atoms with Crippen LogP contribution in [-0.4, -0.2) is 9.72 Å². The van der Waals surface area contributed by atoms with Gasteiger partial charge in [0.05, 0.1) is 0 Å². The van der Waals surface area contributed by atoms with Gasteiger partial charge in [0.25, 0.3) is 0 Å². The maximum Gasteiger partial charge on any atom is 0.312 e. The molecule has 0 saturated carbocycles. The zero-order valence-electron chi connectivity index (χ0n) is 5.02. The fourth-order valence-electron chi connectivity index (χ4n) is 0.243. The minimum atomic E-state index is -4.04. The molecule has 0 aliphatic heterocycles. The van der Waals surface area contributed by atoms with Crippen molar-refractivity contribution >= 4 is 46.4 Å². The van der Waals surface area contributed by atoms with Gasteiger partial charge in [-0.25, -0.2) is 13.2 Å². The van der Waals surface area contributed by atoms with Crippen LogP contribution in [-0.2, 0) is 0 Å². The maximum absolute atomic E-state index is 12.6. The summed E-state index contributed by atoms with van der Waals surface area (Å²) in [6.45, 7) is 0. The van der Waals surface area contributed by atoms with Crippen LogP contribution in [0.2, 0.25) is 0 Å². The van der Waals surface area contributed by atoms with Gasteiger partial charge in [0.2, 0.25) is 11.1 Å². The zero-order chi connectivity index (χ0) is 10.2. The van der Waals surface area contributed by atoms with Gasteiger partial charge >= 0.3 is 9.72 Å². The van der Waals surface area contributed by atoms with Gasteiger partial charge in [-0.1, -0.05) is 34.8 Å². The van der Waals surface area contributed by atoms with E-state index in [1.165, 1.54) is 0 Å². The summed E-state index contributed by atoms with van der Waals surface area (Å²) in [5.74, 6) is -2.42. The fourth-order valence-corrected chi connectivity index (χ4v) is 0.671. The second-order valence-corrected chi connectivity index (χ2v) is 3.73. The molecule has 0 saturated heterocycles. The summed E-state index contributed by atoms with van der Waals surface area (Å²) in [4.78, 5) is 0. The van der Waals surface area contributed by atoms with Gasteiger partial charge in [-0.15, -0.1) is 0 Å². The van der Waals surface area contributed by atoms with E-state index < -0.39 is 20.8 Å². The van der Waals surface area contributed by atoms with E-state index in [0.29, 0.717) is 0 Å². The second kappa shape index (κ2) is 3.78. The SMILES string of the molecule is F/C(Cl)=C(\F)C(F)(Cl)C(F)(Cl)Cl. The standard InChI is InChI=1S/C4Cl4F4/c5-2(10)1(9)3(6,11)4(7,8)12/b2-1-. The molecule has 0 amide bonds. The van der Waals surface area contributed by atoms with Gasteiger partial charge in [-0.3, -0.25) is 0 Å². The van der Waals surface area contributed by atoms with Crippen molar-refractivity contribution in [1.82, 2.24) is 0 Å². The first-order chi connectivity index (χ1) is 5.10. The van der Waals surface area contributed by atoms with Crippen molar-refractivity contribution in [2.45, 2.75) is 9.72 Å². The van der Waals surface area contributed by atoms with Crippen LogP contribution in [0.15, 0.2) is 11.1 Å². The molecule has 1 atom stereocenters. The lowest BCUT2D eigenvalue weighted by Gasteiger charge is -2.21. The quantitative estimate of drug-likeness (QED) is 0.515. The van der Waals surface area contributed by atoms with Crippen molar-refractivity contribution in [3.8, 4) is 0 Å². The van der Waals surface area contributed by atoms with Crippen LogP contribution in [0, 0.1) is 0 Å². The summed E-state index contributed by atoms with van der Waals surface area (Å²) in [5.41, 5.74) is 0. The molecule has 0 fully saturated rings. The monoisotopic (exact) mass is 264 g/mol. The van der Waals surface area contributed by atoms with Crippen molar-refractivity contribution in [2.75, 3.05) is 0 Å². The lowest BCUT2D eigenvalue weighted by atomic mass is 10.4. The maximum atomic E-state index is 12.6. The molecule has 0 aliphatic carbocycles. The average Bonchev–Trinajstić information content (AvgIpc) is 1.83. The molecular formula is C4Cl4F4. The molecule has 0 bridgehead atoms. The molecule has 0 aromatic carbocycles. The average molecular weight is 266 g/mol. The molecule has 72 valence electrons. The Balaban J connectivity index is 5.01. The third-order valence-electron chi connectivity index (χ3n) is 0.798. The van der Waals surface area contributed by atoms with E-state index in [2.05, 4.69) is 46.4 Å². The molecule has 0 aromatic heterocycles. The Morgan fingerprint density at radius 3 is 1.42 bits per heavy atom. The lowest BCUT2D eigenvalue weighted by molar-refractivity contribution is 0.160. The second-order valence-electron chi connectivity index (χ2n) is 1.65. The molecule has 0 rings (SSSR count). The van der Waals surface area contributed by atoms with Crippen LogP contribution in [0.3, 0.4) is 0 Å². The van der Waals surface area contributed by atoms with Gasteiger partial charge in [-0.05, 0) is 11.6 Å². The van der Waals surface area contributed by atoms with Crippen LogP contribution in [0.25, 0.3) is 0 Å². The van der Waals surface area contributed by atoms with E-state index in [1.54, 1.807) is 0 Å². The van der Waals surface area contributed by atoms with Crippen LogP contribution in [0.1, 0.15) is 0 Å². The van der Waals surface area contributed by atoms with Crippen molar-refractivity contribution in [3.05, 3.63) is 11.1 Å². The molecular weight excluding hydrogens is 266 g/mol. The summed E-state index contributed by atoms with van der Waals surface area (Å²) in [5, 5.41) is -6.20. The van der Waals surface area contributed by atoms with Crippen LogP contribution in [0.5, 0.6) is 0 Å². The van der Waals surface area contributed by atoms with Gasteiger partial charge in [-0.2, -0.15) is 4.39 Å². The van der Waals surface area contributed by atoms with Gasteiger partial charge in [0, 0.05) is 0 Å². The molecule has 0 nitrogen and oxygen atoms in total. The van der Waals surface area contributed by atoms with Crippen molar-refractivity contribution in [3.63, 3.8) is 0 Å². The summed E-state index contributed by atoms with van der Waals surface area (Å²) < 4.78 is 45.1. The van der Waals surface area contributed by atoms with Crippen LogP contribution < -0.4 is 0 Å². The van der Waals surface area contributed by atoms with Gasteiger partial charge in [0.1, 0.15) is 0 Å². The fraction of sp³-hybridized carbons (Fsp3) is 0.500. The third-order valence-corrected chi connectivity index (χ3v) is 2.10. The van der Waals surface area contributed by atoms with E-state index >= 15 is 0 Å². The zero-order valence-corrected chi connectivity index (χ0v) is 8.05.